The zero-order valence-electron chi connectivity index (χ0n) is 13.7. The largest absolute Gasteiger partial charge is 0.484 e. The molecule has 0 radical (unpaired) electrons. The Bertz CT molecular complexity index is 643. The van der Waals surface area contributed by atoms with Gasteiger partial charge < -0.3 is 10.1 Å². The van der Waals surface area contributed by atoms with Crippen LogP contribution in [0.3, 0.4) is 0 Å². The minimum Gasteiger partial charge on any atom is -0.484 e. The third-order valence-corrected chi connectivity index (χ3v) is 4.55. The topological polar surface area (TPSA) is 38.3 Å². The Morgan fingerprint density at radius 3 is 2.48 bits per heavy atom. The Morgan fingerprint density at radius 1 is 1.04 bits per heavy atom. The molecule has 0 aliphatic rings. The predicted octanol–water partition coefficient (Wildman–Crippen LogP) is 3.73. The monoisotopic (exact) mass is 329 g/mol. The van der Waals surface area contributed by atoms with Crippen LogP contribution in [-0.4, -0.2) is 24.8 Å². The molecule has 2 aromatic carbocycles. The van der Waals surface area contributed by atoms with E-state index in [1.165, 1.54) is 11.1 Å². The summed E-state index contributed by atoms with van der Waals surface area (Å²) < 4.78 is 5.52. The fraction of sp³-hybridized carbons (Fsp3) is 0.316. The van der Waals surface area contributed by atoms with E-state index in [0.29, 0.717) is 6.54 Å². The summed E-state index contributed by atoms with van der Waals surface area (Å²) in [5.41, 5.74) is 3.71. The van der Waals surface area contributed by atoms with Crippen LogP contribution in [0, 0.1) is 13.8 Å². The number of amides is 1. The van der Waals surface area contributed by atoms with Crippen molar-refractivity contribution in [2.75, 3.05) is 18.9 Å². The third-order valence-electron chi connectivity index (χ3n) is 3.54. The highest BCUT2D eigenvalue weighted by molar-refractivity contribution is 7.98. The van der Waals surface area contributed by atoms with Crippen molar-refractivity contribution in [2.45, 2.75) is 19.6 Å². The van der Waals surface area contributed by atoms with Crippen LogP contribution in [0.5, 0.6) is 5.75 Å². The summed E-state index contributed by atoms with van der Waals surface area (Å²) in [7, 11) is 0. The van der Waals surface area contributed by atoms with E-state index in [1.807, 2.05) is 43.0 Å². The fourth-order valence-electron chi connectivity index (χ4n) is 2.13. The molecule has 0 heterocycles. The smallest absolute Gasteiger partial charge is 0.257 e. The van der Waals surface area contributed by atoms with Gasteiger partial charge >= 0.3 is 0 Å². The lowest BCUT2D eigenvalue weighted by Gasteiger charge is -2.09. The van der Waals surface area contributed by atoms with Crippen molar-refractivity contribution >= 4 is 17.7 Å². The average molecular weight is 329 g/mol. The summed E-state index contributed by atoms with van der Waals surface area (Å²) in [6.07, 6.45) is 0. The van der Waals surface area contributed by atoms with E-state index in [1.54, 1.807) is 0 Å². The normalized spacial score (nSPS) is 10.3. The van der Waals surface area contributed by atoms with Crippen LogP contribution in [0.2, 0.25) is 0 Å². The Balaban J connectivity index is 1.60. The molecule has 2 aromatic rings. The van der Waals surface area contributed by atoms with Gasteiger partial charge in [0.25, 0.3) is 5.91 Å². The molecule has 0 aliphatic carbocycles. The van der Waals surface area contributed by atoms with Gasteiger partial charge in [-0.2, -0.15) is 11.8 Å². The number of rotatable bonds is 8. The Morgan fingerprint density at radius 2 is 1.74 bits per heavy atom. The van der Waals surface area contributed by atoms with Crippen molar-refractivity contribution in [1.82, 2.24) is 5.32 Å². The average Bonchev–Trinajstić information content (AvgIpc) is 2.55. The van der Waals surface area contributed by atoms with E-state index in [4.69, 9.17) is 4.74 Å². The van der Waals surface area contributed by atoms with Gasteiger partial charge in [-0.05, 0) is 36.6 Å². The number of ether oxygens (including phenoxy) is 1. The van der Waals surface area contributed by atoms with Crippen LogP contribution in [0.25, 0.3) is 0 Å². The molecular formula is C19H23NO2S. The van der Waals surface area contributed by atoms with Gasteiger partial charge in [0.15, 0.2) is 6.61 Å². The van der Waals surface area contributed by atoms with Crippen LogP contribution in [-0.2, 0) is 10.5 Å². The molecule has 0 unspecified atom stereocenters. The van der Waals surface area contributed by atoms with Gasteiger partial charge in [0.1, 0.15) is 5.75 Å². The molecule has 3 nitrogen and oxygen atoms in total. The molecule has 0 atom stereocenters. The quantitative estimate of drug-likeness (QED) is 0.750. The predicted molar refractivity (Wildman–Crippen MR) is 97.0 cm³/mol. The summed E-state index contributed by atoms with van der Waals surface area (Å²) in [6.45, 7) is 4.82. The summed E-state index contributed by atoms with van der Waals surface area (Å²) in [6, 6.07) is 16.1. The molecular weight excluding hydrogens is 306 g/mol. The van der Waals surface area contributed by atoms with E-state index in [-0.39, 0.29) is 12.5 Å². The molecule has 23 heavy (non-hydrogen) atoms. The van der Waals surface area contributed by atoms with Crippen molar-refractivity contribution in [2.24, 2.45) is 0 Å². The molecule has 0 spiro atoms. The van der Waals surface area contributed by atoms with Gasteiger partial charge in [-0.25, -0.2) is 0 Å². The first-order valence-corrected chi connectivity index (χ1v) is 8.89. The third kappa shape index (κ3) is 5.99. The molecule has 0 bridgehead atoms. The van der Waals surface area contributed by atoms with E-state index in [9.17, 15) is 4.79 Å². The Hall–Kier alpha value is -1.94. The molecule has 2 rings (SSSR count). The minimum atomic E-state index is -0.0789. The summed E-state index contributed by atoms with van der Waals surface area (Å²) in [5.74, 6) is 2.55. The Labute approximate surface area is 142 Å². The number of aryl methyl sites for hydroxylation is 2. The second kappa shape index (κ2) is 9.26. The van der Waals surface area contributed by atoms with Crippen molar-refractivity contribution in [3.63, 3.8) is 0 Å². The van der Waals surface area contributed by atoms with E-state index in [0.717, 1.165) is 22.8 Å². The highest BCUT2D eigenvalue weighted by Gasteiger charge is 2.04. The highest BCUT2D eigenvalue weighted by atomic mass is 32.2. The zero-order chi connectivity index (χ0) is 16.5. The van der Waals surface area contributed by atoms with Gasteiger partial charge in [0, 0.05) is 18.1 Å². The first-order chi connectivity index (χ1) is 11.2. The number of carbonyl (C=O) groups is 1. The second-order valence-electron chi connectivity index (χ2n) is 5.38. The molecule has 1 amide bonds. The van der Waals surface area contributed by atoms with Crippen LogP contribution in [0.1, 0.15) is 16.7 Å². The standard InChI is InChI=1S/C19H23NO2S/c1-15-7-3-5-9-17(15)14-23-12-11-20-19(21)13-22-18-10-6-4-8-16(18)2/h3-10H,11-14H2,1-2H3,(H,20,21). The first kappa shape index (κ1) is 17.4. The summed E-state index contributed by atoms with van der Waals surface area (Å²) in [4.78, 5) is 11.8. The number of carbonyl (C=O) groups excluding carboxylic acids is 1. The van der Waals surface area contributed by atoms with Crippen LogP contribution in [0.4, 0.5) is 0 Å². The highest BCUT2D eigenvalue weighted by Crippen LogP contribution is 2.16. The van der Waals surface area contributed by atoms with E-state index < -0.39 is 0 Å². The number of nitrogens with one attached hydrogen (secondary N) is 1. The maximum Gasteiger partial charge on any atom is 0.257 e. The maximum absolute atomic E-state index is 11.8. The molecule has 0 fully saturated rings. The summed E-state index contributed by atoms with van der Waals surface area (Å²) in [5, 5.41) is 2.89. The van der Waals surface area contributed by atoms with Gasteiger partial charge in [0.05, 0.1) is 0 Å². The lowest BCUT2D eigenvalue weighted by molar-refractivity contribution is -0.122. The van der Waals surface area contributed by atoms with Crippen molar-refractivity contribution in [3.05, 3.63) is 65.2 Å². The molecule has 0 saturated carbocycles. The van der Waals surface area contributed by atoms with Crippen LogP contribution >= 0.6 is 11.8 Å². The first-order valence-electron chi connectivity index (χ1n) is 7.74. The molecule has 0 aliphatic heterocycles. The van der Waals surface area contributed by atoms with Gasteiger partial charge in [-0.1, -0.05) is 42.5 Å². The molecule has 1 N–H and O–H groups in total. The van der Waals surface area contributed by atoms with Gasteiger partial charge in [-0.3, -0.25) is 4.79 Å². The maximum atomic E-state index is 11.8. The molecule has 122 valence electrons. The van der Waals surface area contributed by atoms with E-state index >= 15 is 0 Å². The van der Waals surface area contributed by atoms with Gasteiger partial charge in [-0.15, -0.1) is 0 Å². The fourth-order valence-corrected chi connectivity index (χ4v) is 3.06. The van der Waals surface area contributed by atoms with Crippen LogP contribution < -0.4 is 10.1 Å². The van der Waals surface area contributed by atoms with Gasteiger partial charge in [0.2, 0.25) is 0 Å². The lowest BCUT2D eigenvalue weighted by Crippen LogP contribution is -2.30. The minimum absolute atomic E-state index is 0.0628. The zero-order valence-corrected chi connectivity index (χ0v) is 14.5. The second-order valence-corrected chi connectivity index (χ2v) is 6.49. The molecule has 0 saturated heterocycles. The number of hydrogen-bond donors (Lipinski definition) is 1. The van der Waals surface area contributed by atoms with Crippen molar-refractivity contribution < 1.29 is 9.53 Å². The Kier molecular flexibility index (Phi) is 7.01. The SMILES string of the molecule is Cc1ccccc1CSCCNC(=O)COc1ccccc1C. The number of hydrogen-bond acceptors (Lipinski definition) is 3. The number of thioether (sulfide) groups is 1. The van der Waals surface area contributed by atoms with Crippen LogP contribution in [0.15, 0.2) is 48.5 Å². The number of benzene rings is 2. The lowest BCUT2D eigenvalue weighted by atomic mass is 10.1. The summed E-state index contributed by atoms with van der Waals surface area (Å²) >= 11 is 1.82. The van der Waals surface area contributed by atoms with Crippen molar-refractivity contribution in [3.8, 4) is 5.75 Å². The number of para-hydroxylation sites is 1. The van der Waals surface area contributed by atoms with E-state index in [2.05, 4.69) is 36.5 Å². The molecule has 4 heteroatoms. The molecule has 0 aromatic heterocycles. The van der Waals surface area contributed by atoms with Crippen molar-refractivity contribution in [1.29, 1.82) is 0 Å².